The largest absolute Gasteiger partial charge is 0.487 e. The number of rotatable bonds is 5. The van der Waals surface area contributed by atoms with Crippen LogP contribution in [0.4, 0.5) is 0 Å². The Labute approximate surface area is 120 Å². The highest BCUT2D eigenvalue weighted by atomic mass is 35.5. The van der Waals surface area contributed by atoms with E-state index in [0.29, 0.717) is 22.7 Å². The van der Waals surface area contributed by atoms with Crippen molar-refractivity contribution in [3.8, 4) is 5.75 Å². The number of nitrogens with zero attached hydrogens (tertiary/aromatic N) is 1. The molecule has 1 saturated heterocycles. The van der Waals surface area contributed by atoms with Crippen LogP contribution in [0.25, 0.3) is 0 Å². The molecule has 0 radical (unpaired) electrons. The van der Waals surface area contributed by atoms with Gasteiger partial charge < -0.3 is 10.1 Å². The zero-order chi connectivity index (χ0) is 13.8. The first-order valence-corrected chi connectivity index (χ1v) is 7.44. The molecule has 2 heterocycles. The summed E-state index contributed by atoms with van der Waals surface area (Å²) in [7, 11) is 0. The van der Waals surface area contributed by atoms with E-state index in [0.717, 1.165) is 25.2 Å². The first kappa shape index (κ1) is 14.6. The summed E-state index contributed by atoms with van der Waals surface area (Å²) in [5.74, 6) is 1.90. The summed E-state index contributed by atoms with van der Waals surface area (Å²) in [5, 5.41) is 3.88. The summed E-state index contributed by atoms with van der Waals surface area (Å²) in [4.78, 5) is 4.26. The van der Waals surface area contributed by atoms with Crippen LogP contribution in [-0.2, 0) is 0 Å². The quantitative estimate of drug-likeness (QED) is 0.840. The molecule has 0 bridgehead atoms. The van der Waals surface area contributed by atoms with Gasteiger partial charge >= 0.3 is 0 Å². The standard InChI is InChI=1S/C15H23ClN2O/c1-10(2)8-14(12-6-7-17-9-12)19-13-5-4-11(3)18-15(13)16/h4-5,10,12,14,17H,6-9H2,1-3H3/t12-,14?/m0/s1. The fourth-order valence-electron chi connectivity index (χ4n) is 2.56. The summed E-state index contributed by atoms with van der Waals surface area (Å²) in [5.41, 5.74) is 0.917. The van der Waals surface area contributed by atoms with E-state index >= 15 is 0 Å². The van der Waals surface area contributed by atoms with Crippen LogP contribution in [0.3, 0.4) is 0 Å². The van der Waals surface area contributed by atoms with Crippen molar-refractivity contribution in [1.82, 2.24) is 10.3 Å². The first-order valence-electron chi connectivity index (χ1n) is 7.06. The molecule has 2 atom stereocenters. The van der Waals surface area contributed by atoms with Crippen LogP contribution < -0.4 is 10.1 Å². The predicted molar refractivity (Wildman–Crippen MR) is 78.8 cm³/mol. The fraction of sp³-hybridized carbons (Fsp3) is 0.667. The Morgan fingerprint density at radius 2 is 2.26 bits per heavy atom. The topological polar surface area (TPSA) is 34.1 Å². The van der Waals surface area contributed by atoms with E-state index in [9.17, 15) is 0 Å². The molecule has 0 aromatic carbocycles. The molecule has 0 aliphatic carbocycles. The lowest BCUT2D eigenvalue weighted by Gasteiger charge is -2.26. The molecule has 0 amide bonds. The van der Waals surface area contributed by atoms with Crippen LogP contribution in [0.5, 0.6) is 5.75 Å². The number of aryl methyl sites for hydroxylation is 1. The maximum Gasteiger partial charge on any atom is 0.171 e. The van der Waals surface area contributed by atoms with Crippen molar-refractivity contribution in [1.29, 1.82) is 0 Å². The fourth-order valence-corrected chi connectivity index (χ4v) is 2.80. The Hall–Kier alpha value is -0.800. The smallest absolute Gasteiger partial charge is 0.171 e. The summed E-state index contributed by atoms with van der Waals surface area (Å²) in [6.07, 6.45) is 2.45. The molecule has 1 fully saturated rings. The van der Waals surface area contributed by atoms with Gasteiger partial charge in [-0.05, 0) is 44.4 Å². The maximum absolute atomic E-state index is 6.17. The molecule has 3 nitrogen and oxygen atoms in total. The van der Waals surface area contributed by atoms with Gasteiger partial charge in [-0.2, -0.15) is 0 Å². The van der Waals surface area contributed by atoms with Crippen molar-refractivity contribution < 1.29 is 4.74 Å². The lowest BCUT2D eigenvalue weighted by atomic mass is 9.93. The van der Waals surface area contributed by atoms with Crippen molar-refractivity contribution >= 4 is 11.6 Å². The van der Waals surface area contributed by atoms with E-state index in [1.807, 2.05) is 19.1 Å². The third kappa shape index (κ3) is 4.08. The second-order valence-corrected chi connectivity index (χ2v) is 6.14. The minimum absolute atomic E-state index is 0.219. The molecule has 2 rings (SSSR count). The van der Waals surface area contributed by atoms with Gasteiger partial charge in [0.1, 0.15) is 6.10 Å². The third-order valence-electron chi connectivity index (χ3n) is 3.56. The average Bonchev–Trinajstić information content (AvgIpc) is 2.84. The van der Waals surface area contributed by atoms with Crippen molar-refractivity contribution in [2.24, 2.45) is 11.8 Å². The zero-order valence-electron chi connectivity index (χ0n) is 11.9. The lowest BCUT2D eigenvalue weighted by Crippen LogP contribution is -2.30. The van der Waals surface area contributed by atoms with Gasteiger partial charge in [0.2, 0.25) is 0 Å². The normalized spacial score (nSPS) is 20.8. The summed E-state index contributed by atoms with van der Waals surface area (Å²) >= 11 is 6.17. The van der Waals surface area contributed by atoms with E-state index in [2.05, 4.69) is 24.1 Å². The molecule has 1 aromatic heterocycles. The first-order chi connectivity index (χ1) is 9.06. The molecule has 4 heteroatoms. The van der Waals surface area contributed by atoms with E-state index in [-0.39, 0.29) is 6.10 Å². The van der Waals surface area contributed by atoms with Crippen LogP contribution in [-0.4, -0.2) is 24.2 Å². The van der Waals surface area contributed by atoms with Crippen LogP contribution in [0.2, 0.25) is 5.15 Å². The van der Waals surface area contributed by atoms with Crippen molar-refractivity contribution in [3.05, 3.63) is 23.0 Å². The molecular weight excluding hydrogens is 260 g/mol. The van der Waals surface area contributed by atoms with Crippen LogP contribution in [0.1, 0.15) is 32.4 Å². The molecular formula is C15H23ClN2O. The van der Waals surface area contributed by atoms with E-state index in [1.54, 1.807) is 0 Å². The average molecular weight is 283 g/mol. The SMILES string of the molecule is Cc1ccc(OC(CC(C)C)[C@H]2CCNC2)c(Cl)n1. The minimum Gasteiger partial charge on any atom is -0.487 e. The molecule has 106 valence electrons. The van der Waals surface area contributed by atoms with Crippen molar-refractivity contribution in [2.45, 2.75) is 39.7 Å². The second-order valence-electron chi connectivity index (χ2n) is 5.78. The molecule has 1 aromatic rings. The molecule has 1 aliphatic heterocycles. The Kier molecular flexibility index (Phi) is 5.06. The molecule has 1 aliphatic rings. The van der Waals surface area contributed by atoms with Crippen LogP contribution in [0, 0.1) is 18.8 Å². The maximum atomic E-state index is 6.17. The van der Waals surface area contributed by atoms with Crippen molar-refractivity contribution in [3.63, 3.8) is 0 Å². The van der Waals surface area contributed by atoms with Gasteiger partial charge in [0, 0.05) is 18.2 Å². The molecule has 19 heavy (non-hydrogen) atoms. The zero-order valence-corrected chi connectivity index (χ0v) is 12.7. The number of hydrogen-bond donors (Lipinski definition) is 1. The third-order valence-corrected chi connectivity index (χ3v) is 3.83. The van der Waals surface area contributed by atoms with Crippen molar-refractivity contribution in [2.75, 3.05) is 13.1 Å². The van der Waals surface area contributed by atoms with E-state index in [4.69, 9.17) is 16.3 Å². The van der Waals surface area contributed by atoms with Crippen LogP contribution >= 0.6 is 11.6 Å². The highest BCUT2D eigenvalue weighted by molar-refractivity contribution is 6.30. The molecule has 0 saturated carbocycles. The van der Waals surface area contributed by atoms with Gasteiger partial charge in [-0.3, -0.25) is 0 Å². The van der Waals surface area contributed by atoms with Crippen LogP contribution in [0.15, 0.2) is 12.1 Å². The van der Waals surface area contributed by atoms with E-state index < -0.39 is 0 Å². The van der Waals surface area contributed by atoms with Gasteiger partial charge in [0.25, 0.3) is 0 Å². The Bertz CT molecular complexity index is 417. The number of pyridine rings is 1. The highest BCUT2D eigenvalue weighted by Crippen LogP contribution is 2.29. The second kappa shape index (κ2) is 6.58. The summed E-state index contributed by atoms with van der Waals surface area (Å²) in [6, 6.07) is 3.88. The molecule has 1 unspecified atom stereocenters. The summed E-state index contributed by atoms with van der Waals surface area (Å²) < 4.78 is 6.16. The molecule has 0 spiro atoms. The minimum atomic E-state index is 0.219. The predicted octanol–water partition coefficient (Wildman–Crippen LogP) is 3.45. The highest BCUT2D eigenvalue weighted by Gasteiger charge is 2.27. The number of halogens is 1. The number of nitrogens with one attached hydrogen (secondary N) is 1. The van der Waals surface area contributed by atoms with Gasteiger partial charge in [-0.1, -0.05) is 25.4 Å². The molecule has 1 N–H and O–H groups in total. The lowest BCUT2D eigenvalue weighted by molar-refractivity contribution is 0.119. The number of ether oxygens (including phenoxy) is 1. The Morgan fingerprint density at radius 3 is 2.84 bits per heavy atom. The number of hydrogen-bond acceptors (Lipinski definition) is 3. The Morgan fingerprint density at radius 1 is 1.47 bits per heavy atom. The summed E-state index contributed by atoms with van der Waals surface area (Å²) in [6.45, 7) is 8.51. The van der Waals surface area contributed by atoms with E-state index in [1.165, 1.54) is 6.42 Å². The number of aromatic nitrogens is 1. The Balaban J connectivity index is 2.09. The van der Waals surface area contributed by atoms with Gasteiger partial charge in [-0.25, -0.2) is 4.98 Å². The van der Waals surface area contributed by atoms with Gasteiger partial charge in [-0.15, -0.1) is 0 Å². The van der Waals surface area contributed by atoms with Gasteiger partial charge in [0.05, 0.1) is 0 Å². The monoisotopic (exact) mass is 282 g/mol. The van der Waals surface area contributed by atoms with Gasteiger partial charge in [0.15, 0.2) is 10.9 Å².